The number of nitrogens with zero attached hydrogens (tertiary/aromatic N) is 3. The van der Waals surface area contributed by atoms with Gasteiger partial charge in [-0.2, -0.15) is 0 Å². The lowest BCUT2D eigenvalue weighted by Crippen LogP contribution is -2.55. The number of carbonyl (C=O) groups excluding carboxylic acids is 2. The molecule has 2 heterocycles. The third-order valence-electron chi connectivity index (χ3n) is 5.85. The molecule has 31 heavy (non-hydrogen) atoms. The summed E-state index contributed by atoms with van der Waals surface area (Å²) in [6.07, 6.45) is 1.47. The molecular formula is C23H30Cl2N4O2. The Morgan fingerprint density at radius 2 is 1.52 bits per heavy atom. The molecule has 2 aliphatic rings. The van der Waals surface area contributed by atoms with E-state index in [1.54, 1.807) is 0 Å². The summed E-state index contributed by atoms with van der Waals surface area (Å²) in [5, 5.41) is 0. The highest BCUT2D eigenvalue weighted by molar-refractivity contribution is 5.96. The monoisotopic (exact) mass is 464 g/mol. The molecule has 2 N–H and O–H groups in total. The third-order valence-corrected chi connectivity index (χ3v) is 5.85. The van der Waals surface area contributed by atoms with Crippen molar-refractivity contribution in [2.75, 3.05) is 44.2 Å². The van der Waals surface area contributed by atoms with Crippen molar-refractivity contribution in [3.63, 3.8) is 0 Å². The Labute approximate surface area is 196 Å². The van der Waals surface area contributed by atoms with Gasteiger partial charge >= 0.3 is 0 Å². The molecule has 0 aliphatic carbocycles. The van der Waals surface area contributed by atoms with E-state index >= 15 is 0 Å². The van der Waals surface area contributed by atoms with Crippen molar-refractivity contribution in [2.45, 2.75) is 18.9 Å². The SMILES string of the molecule is Cl.Cl.NC(Cc1ccccc1)C(=O)N1CCN(CC(=O)N2CCc3ccccc32)CC1. The van der Waals surface area contributed by atoms with Gasteiger partial charge in [0, 0.05) is 38.4 Å². The summed E-state index contributed by atoms with van der Waals surface area (Å²) in [6, 6.07) is 17.4. The lowest BCUT2D eigenvalue weighted by Gasteiger charge is -2.36. The highest BCUT2D eigenvalue weighted by Gasteiger charge is 2.29. The molecular weight excluding hydrogens is 435 g/mol. The summed E-state index contributed by atoms with van der Waals surface area (Å²) in [6.45, 7) is 3.78. The minimum Gasteiger partial charge on any atom is -0.339 e. The Kier molecular flexibility index (Phi) is 9.32. The van der Waals surface area contributed by atoms with Crippen LogP contribution in [0.25, 0.3) is 0 Å². The van der Waals surface area contributed by atoms with Crippen LogP contribution in [0.1, 0.15) is 11.1 Å². The van der Waals surface area contributed by atoms with Crippen molar-refractivity contribution in [1.29, 1.82) is 0 Å². The number of nitrogens with two attached hydrogens (primary N) is 1. The van der Waals surface area contributed by atoms with Crippen LogP contribution in [-0.2, 0) is 22.4 Å². The number of fused-ring (bicyclic) bond motifs is 1. The van der Waals surface area contributed by atoms with Crippen LogP contribution in [0.5, 0.6) is 0 Å². The Bertz CT molecular complexity index is 873. The maximum Gasteiger partial charge on any atom is 0.241 e. The minimum absolute atomic E-state index is 0. The van der Waals surface area contributed by atoms with E-state index in [1.165, 1.54) is 5.56 Å². The van der Waals surface area contributed by atoms with Gasteiger partial charge in [-0.1, -0.05) is 48.5 Å². The quantitative estimate of drug-likeness (QED) is 0.735. The fourth-order valence-corrected chi connectivity index (χ4v) is 4.19. The van der Waals surface area contributed by atoms with Crippen molar-refractivity contribution in [3.8, 4) is 0 Å². The molecule has 1 atom stereocenters. The van der Waals surface area contributed by atoms with Gasteiger partial charge in [0.05, 0.1) is 12.6 Å². The van der Waals surface area contributed by atoms with Gasteiger partial charge in [0.2, 0.25) is 11.8 Å². The molecule has 0 bridgehead atoms. The molecule has 168 valence electrons. The van der Waals surface area contributed by atoms with Gasteiger partial charge in [0.1, 0.15) is 0 Å². The highest BCUT2D eigenvalue weighted by Crippen LogP contribution is 2.27. The van der Waals surface area contributed by atoms with Crippen molar-refractivity contribution in [1.82, 2.24) is 9.80 Å². The van der Waals surface area contributed by atoms with Gasteiger partial charge in [0.15, 0.2) is 0 Å². The Balaban J connectivity index is 0.00000171. The first-order chi connectivity index (χ1) is 14.1. The fourth-order valence-electron chi connectivity index (χ4n) is 4.19. The third kappa shape index (κ3) is 5.98. The standard InChI is InChI=1S/C23H28N4O2.2ClH/c24-20(16-18-6-2-1-3-7-18)23(29)26-14-12-25(13-15-26)17-22(28)27-11-10-19-8-4-5-9-21(19)27;;/h1-9,20H,10-17,24H2;2*1H. The number of rotatable bonds is 5. The molecule has 0 radical (unpaired) electrons. The fraction of sp³-hybridized carbons (Fsp3) is 0.391. The lowest BCUT2D eigenvalue weighted by molar-refractivity contribution is -0.134. The smallest absolute Gasteiger partial charge is 0.241 e. The van der Waals surface area contributed by atoms with Crippen molar-refractivity contribution in [3.05, 3.63) is 65.7 Å². The summed E-state index contributed by atoms with van der Waals surface area (Å²) < 4.78 is 0. The van der Waals surface area contributed by atoms with Gasteiger partial charge in [-0.15, -0.1) is 24.8 Å². The number of halogens is 2. The number of anilines is 1. The van der Waals surface area contributed by atoms with Crippen LogP contribution in [0.15, 0.2) is 54.6 Å². The Morgan fingerprint density at radius 3 is 2.23 bits per heavy atom. The number of carbonyl (C=O) groups is 2. The number of piperazine rings is 1. The predicted molar refractivity (Wildman–Crippen MR) is 128 cm³/mol. The molecule has 1 saturated heterocycles. The molecule has 0 saturated carbocycles. The second-order valence-electron chi connectivity index (χ2n) is 7.82. The van der Waals surface area contributed by atoms with Gasteiger partial charge in [-0.25, -0.2) is 0 Å². The first-order valence-corrected chi connectivity index (χ1v) is 10.3. The van der Waals surface area contributed by atoms with E-state index in [1.807, 2.05) is 58.3 Å². The molecule has 1 unspecified atom stereocenters. The van der Waals surface area contributed by atoms with Gasteiger partial charge < -0.3 is 15.5 Å². The molecule has 6 nitrogen and oxygen atoms in total. The first-order valence-electron chi connectivity index (χ1n) is 10.3. The molecule has 2 amide bonds. The van der Waals surface area contributed by atoms with Gasteiger partial charge in [-0.05, 0) is 30.0 Å². The maximum atomic E-state index is 12.8. The predicted octanol–water partition coefficient (Wildman–Crippen LogP) is 2.13. The number of para-hydroxylation sites is 1. The number of benzene rings is 2. The zero-order valence-electron chi connectivity index (χ0n) is 17.5. The average Bonchev–Trinajstić information content (AvgIpc) is 3.19. The highest BCUT2D eigenvalue weighted by atomic mass is 35.5. The summed E-state index contributed by atoms with van der Waals surface area (Å²) >= 11 is 0. The topological polar surface area (TPSA) is 69.9 Å². The van der Waals surface area contributed by atoms with E-state index in [0.29, 0.717) is 39.1 Å². The lowest BCUT2D eigenvalue weighted by atomic mass is 10.1. The molecule has 2 aromatic rings. The van der Waals surface area contributed by atoms with Gasteiger partial charge in [-0.3, -0.25) is 14.5 Å². The number of hydrogen-bond acceptors (Lipinski definition) is 4. The molecule has 8 heteroatoms. The molecule has 1 fully saturated rings. The van der Waals surface area contributed by atoms with Crippen LogP contribution in [0, 0.1) is 0 Å². The minimum atomic E-state index is -0.522. The van der Waals surface area contributed by atoms with Crippen LogP contribution in [0.3, 0.4) is 0 Å². The number of amides is 2. The van der Waals surface area contributed by atoms with E-state index in [4.69, 9.17) is 5.73 Å². The number of hydrogen-bond donors (Lipinski definition) is 1. The second kappa shape index (κ2) is 11.5. The van der Waals surface area contributed by atoms with Crippen LogP contribution < -0.4 is 10.6 Å². The van der Waals surface area contributed by atoms with E-state index in [2.05, 4.69) is 11.0 Å². The van der Waals surface area contributed by atoms with E-state index in [9.17, 15) is 9.59 Å². The Morgan fingerprint density at radius 1 is 0.871 bits per heavy atom. The van der Waals surface area contributed by atoms with Crippen molar-refractivity contribution < 1.29 is 9.59 Å². The molecule has 2 aliphatic heterocycles. The van der Waals surface area contributed by atoms with Crippen LogP contribution in [0.2, 0.25) is 0 Å². The molecule has 0 spiro atoms. The van der Waals surface area contributed by atoms with Crippen LogP contribution >= 0.6 is 24.8 Å². The van der Waals surface area contributed by atoms with E-state index in [0.717, 1.165) is 24.2 Å². The maximum absolute atomic E-state index is 12.8. The van der Waals surface area contributed by atoms with Crippen LogP contribution in [0.4, 0.5) is 5.69 Å². The normalized spacial score (nSPS) is 16.7. The summed E-state index contributed by atoms with van der Waals surface area (Å²) in [7, 11) is 0. The van der Waals surface area contributed by atoms with Crippen molar-refractivity contribution in [2.24, 2.45) is 5.73 Å². The molecule has 4 rings (SSSR count). The Hall–Kier alpha value is -2.12. The first kappa shape index (κ1) is 25.1. The second-order valence-corrected chi connectivity index (χ2v) is 7.82. The average molecular weight is 465 g/mol. The largest absolute Gasteiger partial charge is 0.339 e. The summed E-state index contributed by atoms with van der Waals surface area (Å²) in [5.74, 6) is 0.129. The van der Waals surface area contributed by atoms with Gasteiger partial charge in [0.25, 0.3) is 0 Å². The van der Waals surface area contributed by atoms with Crippen molar-refractivity contribution >= 4 is 42.3 Å². The van der Waals surface area contributed by atoms with Crippen LogP contribution in [-0.4, -0.2) is 66.9 Å². The zero-order chi connectivity index (χ0) is 20.2. The molecule has 2 aromatic carbocycles. The van der Waals surface area contributed by atoms with E-state index < -0.39 is 6.04 Å². The summed E-state index contributed by atoms with van der Waals surface area (Å²) in [5.41, 5.74) is 9.51. The zero-order valence-corrected chi connectivity index (χ0v) is 19.1. The summed E-state index contributed by atoms with van der Waals surface area (Å²) in [4.78, 5) is 31.3. The molecule has 0 aromatic heterocycles. The van der Waals surface area contributed by atoms with E-state index in [-0.39, 0.29) is 36.6 Å².